The zero-order valence-electron chi connectivity index (χ0n) is 10.7. The second-order valence-electron chi connectivity index (χ2n) is 4.91. The Labute approximate surface area is 116 Å². The lowest BCUT2D eigenvalue weighted by Crippen LogP contribution is -2.34. The Morgan fingerprint density at radius 3 is 2.72 bits per heavy atom. The van der Waals surface area contributed by atoms with Gasteiger partial charge in [0.05, 0.1) is 0 Å². The molecule has 1 saturated heterocycles. The van der Waals surface area contributed by atoms with E-state index >= 15 is 0 Å². The summed E-state index contributed by atoms with van der Waals surface area (Å²) in [6.45, 7) is 3.62. The lowest BCUT2D eigenvalue weighted by Gasteiger charge is -2.31. The third kappa shape index (κ3) is 3.77. The van der Waals surface area contributed by atoms with Crippen molar-refractivity contribution in [2.75, 3.05) is 26.8 Å². The first-order valence-electron chi connectivity index (χ1n) is 6.34. The minimum Gasteiger partial charge on any atom is -0.384 e. The summed E-state index contributed by atoms with van der Waals surface area (Å²) in [5.41, 5.74) is 0.781. The Hall–Kier alpha value is -0.450. The highest BCUT2D eigenvalue weighted by Crippen LogP contribution is 2.21. The Bertz CT molecular complexity index is 391. The Balaban J connectivity index is 1.87. The number of halogens is 2. The van der Waals surface area contributed by atoms with Crippen LogP contribution in [0.3, 0.4) is 0 Å². The largest absolute Gasteiger partial charge is 0.384 e. The average Bonchev–Trinajstić information content (AvgIpc) is 2.35. The Morgan fingerprint density at radius 2 is 2.11 bits per heavy atom. The zero-order chi connectivity index (χ0) is 13.0. The molecule has 0 unspecified atom stereocenters. The molecule has 1 aliphatic rings. The number of nitrogens with zero attached hydrogens (tertiary/aromatic N) is 1. The summed E-state index contributed by atoms with van der Waals surface area (Å²) in [5, 5.41) is 0. The fraction of sp³-hybridized carbons (Fsp3) is 0.571. The molecule has 0 aliphatic carbocycles. The molecule has 0 saturated carbocycles. The van der Waals surface area contributed by atoms with Crippen LogP contribution in [-0.2, 0) is 11.3 Å². The standard InChI is InChI=1S/C14H19BrFNO/c1-18-10-11-4-6-17(7-5-11)9-12-2-3-13(15)8-14(12)16/h2-3,8,11H,4-7,9-10H2,1H3. The summed E-state index contributed by atoms with van der Waals surface area (Å²) in [6, 6.07) is 5.30. The molecule has 1 fully saturated rings. The summed E-state index contributed by atoms with van der Waals surface area (Å²) in [6.07, 6.45) is 2.29. The van der Waals surface area contributed by atoms with Crippen LogP contribution in [0.25, 0.3) is 0 Å². The van der Waals surface area contributed by atoms with E-state index < -0.39 is 0 Å². The first kappa shape index (κ1) is 14.0. The van der Waals surface area contributed by atoms with E-state index in [4.69, 9.17) is 4.74 Å². The van der Waals surface area contributed by atoms with Crippen LogP contribution in [0.5, 0.6) is 0 Å². The Kier molecular flexibility index (Phi) is 5.15. The predicted octanol–water partition coefficient (Wildman–Crippen LogP) is 3.45. The van der Waals surface area contributed by atoms with Gasteiger partial charge in [0.2, 0.25) is 0 Å². The van der Waals surface area contributed by atoms with Crippen molar-refractivity contribution in [3.63, 3.8) is 0 Å². The second kappa shape index (κ2) is 6.64. The lowest BCUT2D eigenvalue weighted by molar-refractivity contribution is 0.0964. The molecule has 0 atom stereocenters. The summed E-state index contributed by atoms with van der Waals surface area (Å²) >= 11 is 3.28. The van der Waals surface area contributed by atoms with Gasteiger partial charge < -0.3 is 4.74 Å². The van der Waals surface area contributed by atoms with Crippen LogP contribution in [0.1, 0.15) is 18.4 Å². The van der Waals surface area contributed by atoms with Crippen molar-refractivity contribution >= 4 is 15.9 Å². The minimum atomic E-state index is -0.122. The quantitative estimate of drug-likeness (QED) is 0.844. The molecule has 4 heteroatoms. The number of benzene rings is 1. The molecule has 18 heavy (non-hydrogen) atoms. The first-order valence-corrected chi connectivity index (χ1v) is 7.13. The molecular weight excluding hydrogens is 297 g/mol. The van der Waals surface area contributed by atoms with Gasteiger partial charge in [-0.05, 0) is 44.0 Å². The third-order valence-corrected chi connectivity index (χ3v) is 4.01. The highest BCUT2D eigenvalue weighted by Gasteiger charge is 2.19. The lowest BCUT2D eigenvalue weighted by atomic mass is 9.97. The molecule has 1 heterocycles. The monoisotopic (exact) mass is 315 g/mol. The van der Waals surface area contributed by atoms with Gasteiger partial charge in [0.25, 0.3) is 0 Å². The fourth-order valence-electron chi connectivity index (χ4n) is 2.44. The second-order valence-corrected chi connectivity index (χ2v) is 5.83. The van der Waals surface area contributed by atoms with E-state index in [0.717, 1.165) is 42.6 Å². The number of hydrogen-bond acceptors (Lipinski definition) is 2. The van der Waals surface area contributed by atoms with E-state index in [1.807, 2.05) is 12.1 Å². The highest BCUT2D eigenvalue weighted by molar-refractivity contribution is 9.10. The van der Waals surface area contributed by atoms with Gasteiger partial charge in [-0.3, -0.25) is 4.90 Å². The van der Waals surface area contributed by atoms with E-state index in [1.54, 1.807) is 7.11 Å². The van der Waals surface area contributed by atoms with Crippen LogP contribution in [0.4, 0.5) is 4.39 Å². The molecule has 1 aliphatic heterocycles. The third-order valence-electron chi connectivity index (χ3n) is 3.52. The molecule has 0 aromatic heterocycles. The van der Waals surface area contributed by atoms with Crippen LogP contribution < -0.4 is 0 Å². The molecule has 0 amide bonds. The number of methoxy groups -OCH3 is 1. The minimum absolute atomic E-state index is 0.122. The molecule has 0 radical (unpaired) electrons. The van der Waals surface area contributed by atoms with Gasteiger partial charge in [0, 0.05) is 30.3 Å². The molecule has 0 N–H and O–H groups in total. The van der Waals surface area contributed by atoms with E-state index in [1.165, 1.54) is 6.07 Å². The van der Waals surface area contributed by atoms with Gasteiger partial charge in [-0.2, -0.15) is 0 Å². The van der Waals surface area contributed by atoms with Gasteiger partial charge in [0.1, 0.15) is 5.82 Å². The van der Waals surface area contributed by atoms with Crippen LogP contribution in [0.15, 0.2) is 22.7 Å². The normalized spacial score (nSPS) is 18.2. The van der Waals surface area contributed by atoms with Crippen molar-refractivity contribution in [1.82, 2.24) is 4.90 Å². The van der Waals surface area contributed by atoms with Gasteiger partial charge >= 0.3 is 0 Å². The van der Waals surface area contributed by atoms with Gasteiger partial charge in [-0.15, -0.1) is 0 Å². The van der Waals surface area contributed by atoms with Crippen molar-refractivity contribution in [1.29, 1.82) is 0 Å². The zero-order valence-corrected chi connectivity index (χ0v) is 12.2. The van der Waals surface area contributed by atoms with Crippen molar-refractivity contribution in [2.24, 2.45) is 5.92 Å². The Morgan fingerprint density at radius 1 is 1.39 bits per heavy atom. The van der Waals surface area contributed by atoms with Gasteiger partial charge in [-0.25, -0.2) is 4.39 Å². The predicted molar refractivity (Wildman–Crippen MR) is 74.0 cm³/mol. The van der Waals surface area contributed by atoms with E-state index in [-0.39, 0.29) is 5.82 Å². The number of ether oxygens (including phenoxy) is 1. The van der Waals surface area contributed by atoms with Gasteiger partial charge in [-0.1, -0.05) is 22.0 Å². The fourth-order valence-corrected chi connectivity index (χ4v) is 2.77. The molecule has 0 bridgehead atoms. The molecule has 0 spiro atoms. The summed E-state index contributed by atoms with van der Waals surface area (Å²) in [4.78, 5) is 2.32. The molecule has 2 rings (SSSR count). The highest BCUT2D eigenvalue weighted by atomic mass is 79.9. The van der Waals surface area contributed by atoms with E-state index in [2.05, 4.69) is 20.8 Å². The molecule has 1 aromatic carbocycles. The SMILES string of the molecule is COCC1CCN(Cc2ccc(Br)cc2F)CC1. The van der Waals surface area contributed by atoms with E-state index in [0.29, 0.717) is 12.5 Å². The topological polar surface area (TPSA) is 12.5 Å². The van der Waals surface area contributed by atoms with Crippen molar-refractivity contribution in [2.45, 2.75) is 19.4 Å². The van der Waals surface area contributed by atoms with Crippen LogP contribution >= 0.6 is 15.9 Å². The molecule has 1 aromatic rings. The van der Waals surface area contributed by atoms with Crippen LogP contribution in [0.2, 0.25) is 0 Å². The average molecular weight is 316 g/mol. The maximum atomic E-state index is 13.7. The number of likely N-dealkylation sites (tertiary alicyclic amines) is 1. The molecule has 2 nitrogen and oxygen atoms in total. The number of rotatable bonds is 4. The molecular formula is C14H19BrFNO. The molecule has 100 valence electrons. The summed E-state index contributed by atoms with van der Waals surface area (Å²) < 4.78 is 19.7. The van der Waals surface area contributed by atoms with Crippen LogP contribution in [-0.4, -0.2) is 31.7 Å². The first-order chi connectivity index (χ1) is 8.69. The van der Waals surface area contributed by atoms with Gasteiger partial charge in [0.15, 0.2) is 0 Å². The number of piperidine rings is 1. The van der Waals surface area contributed by atoms with E-state index in [9.17, 15) is 4.39 Å². The van der Waals surface area contributed by atoms with Crippen LogP contribution in [0, 0.1) is 11.7 Å². The summed E-state index contributed by atoms with van der Waals surface area (Å²) in [7, 11) is 1.75. The maximum absolute atomic E-state index is 13.7. The van der Waals surface area contributed by atoms with Crippen molar-refractivity contribution < 1.29 is 9.13 Å². The smallest absolute Gasteiger partial charge is 0.128 e. The number of hydrogen-bond donors (Lipinski definition) is 0. The van der Waals surface area contributed by atoms with Crippen molar-refractivity contribution in [3.05, 3.63) is 34.1 Å². The maximum Gasteiger partial charge on any atom is 0.128 e. The van der Waals surface area contributed by atoms with Crippen molar-refractivity contribution in [3.8, 4) is 0 Å². The summed E-state index contributed by atoms with van der Waals surface area (Å²) in [5.74, 6) is 0.546.